The van der Waals surface area contributed by atoms with Crippen LogP contribution in [0.2, 0.25) is 0 Å². The Bertz CT molecular complexity index is 1240. The lowest BCUT2D eigenvalue weighted by atomic mass is 9.78. The first-order valence-corrected chi connectivity index (χ1v) is 10.8. The molecule has 3 aromatic rings. The summed E-state index contributed by atoms with van der Waals surface area (Å²) in [6.07, 6.45) is 5.80. The van der Waals surface area contributed by atoms with Crippen molar-refractivity contribution in [2.24, 2.45) is 5.92 Å². The maximum Gasteiger partial charge on any atom is 0.277 e. The number of fused-ring (bicyclic) bond motifs is 3. The second kappa shape index (κ2) is 7.78. The van der Waals surface area contributed by atoms with Gasteiger partial charge in [0.25, 0.3) is 5.56 Å². The van der Waals surface area contributed by atoms with Gasteiger partial charge < -0.3 is 14.6 Å². The van der Waals surface area contributed by atoms with E-state index in [1.807, 2.05) is 28.8 Å². The minimum absolute atomic E-state index is 0.111. The van der Waals surface area contributed by atoms with E-state index < -0.39 is 0 Å². The van der Waals surface area contributed by atoms with E-state index in [1.165, 1.54) is 13.5 Å². The predicted octanol–water partition coefficient (Wildman–Crippen LogP) is 3.43. The number of hydrogen-bond donors (Lipinski definition) is 1. The van der Waals surface area contributed by atoms with Gasteiger partial charge in [0.2, 0.25) is 5.88 Å². The summed E-state index contributed by atoms with van der Waals surface area (Å²) in [5, 5.41) is 13.2. The number of piperidine rings is 2. The van der Waals surface area contributed by atoms with Crippen LogP contribution < -0.4 is 15.6 Å². The zero-order valence-corrected chi connectivity index (χ0v) is 17.7. The number of nitrogens with zero attached hydrogens (tertiary/aromatic N) is 4. The van der Waals surface area contributed by atoms with Gasteiger partial charge in [-0.3, -0.25) is 4.79 Å². The number of hydrogen-bond acceptors (Lipinski definition) is 6. The first-order chi connectivity index (χ1) is 15.1. The quantitative estimate of drug-likeness (QED) is 0.705. The normalized spacial score (nSPS) is 25.2. The second-order valence-electron chi connectivity index (χ2n) is 8.67. The van der Waals surface area contributed by atoms with Gasteiger partial charge in [-0.25, -0.2) is 9.97 Å². The van der Waals surface area contributed by atoms with Gasteiger partial charge in [-0.05, 0) is 49.8 Å². The smallest absolute Gasteiger partial charge is 0.277 e. The molecule has 0 spiro atoms. The molecular formula is C24H25N5O2. The Morgan fingerprint density at radius 2 is 2.10 bits per heavy atom. The fraction of sp³-hybridized carbons (Fsp3) is 0.417. The van der Waals surface area contributed by atoms with Gasteiger partial charge in [-0.15, -0.1) is 0 Å². The van der Waals surface area contributed by atoms with Crippen LogP contribution >= 0.6 is 0 Å². The Balaban J connectivity index is 1.68. The van der Waals surface area contributed by atoms with E-state index in [0.29, 0.717) is 29.3 Å². The lowest BCUT2D eigenvalue weighted by Gasteiger charge is -2.44. The fourth-order valence-corrected chi connectivity index (χ4v) is 5.16. The Kier molecular flexibility index (Phi) is 4.95. The molecule has 158 valence electrons. The van der Waals surface area contributed by atoms with Crippen LogP contribution in [0.3, 0.4) is 0 Å². The average Bonchev–Trinajstić information content (AvgIpc) is 2.80. The molecule has 2 aromatic heterocycles. The molecule has 2 saturated heterocycles. The molecule has 2 bridgehead atoms. The van der Waals surface area contributed by atoms with Gasteiger partial charge in [-0.1, -0.05) is 19.1 Å². The van der Waals surface area contributed by atoms with Crippen LogP contribution in [0, 0.1) is 17.2 Å². The van der Waals surface area contributed by atoms with Gasteiger partial charge >= 0.3 is 0 Å². The fourth-order valence-electron chi connectivity index (χ4n) is 5.16. The van der Waals surface area contributed by atoms with Crippen LogP contribution in [0.15, 0.2) is 41.3 Å². The third kappa shape index (κ3) is 3.37. The molecule has 7 nitrogen and oxygen atoms in total. The molecule has 0 amide bonds. The number of nitriles is 1. The molecule has 0 radical (unpaired) electrons. The lowest BCUT2D eigenvalue weighted by molar-refractivity contribution is 0.144. The van der Waals surface area contributed by atoms with Crippen molar-refractivity contribution >= 4 is 11.0 Å². The number of benzene rings is 1. The molecule has 4 heterocycles. The van der Waals surface area contributed by atoms with Gasteiger partial charge in [-0.2, -0.15) is 5.26 Å². The van der Waals surface area contributed by atoms with Crippen molar-refractivity contribution in [2.45, 2.75) is 50.7 Å². The van der Waals surface area contributed by atoms with Crippen LogP contribution in [-0.4, -0.2) is 33.7 Å². The highest BCUT2D eigenvalue weighted by Gasteiger charge is 2.36. The van der Waals surface area contributed by atoms with Gasteiger partial charge in [0.15, 0.2) is 0 Å². The maximum absolute atomic E-state index is 13.8. The predicted molar refractivity (Wildman–Crippen MR) is 118 cm³/mol. The number of pyridine rings is 1. The molecule has 1 aromatic carbocycles. The molecular weight excluding hydrogens is 390 g/mol. The van der Waals surface area contributed by atoms with E-state index in [1.54, 1.807) is 12.3 Å². The van der Waals surface area contributed by atoms with Crippen molar-refractivity contribution in [2.75, 3.05) is 7.11 Å². The highest BCUT2D eigenvalue weighted by atomic mass is 16.5. The third-order valence-corrected chi connectivity index (χ3v) is 6.79. The van der Waals surface area contributed by atoms with E-state index in [-0.39, 0.29) is 23.0 Å². The Morgan fingerprint density at radius 3 is 2.90 bits per heavy atom. The van der Waals surface area contributed by atoms with Crippen molar-refractivity contribution in [1.82, 2.24) is 19.9 Å². The van der Waals surface area contributed by atoms with Crippen molar-refractivity contribution in [3.63, 3.8) is 0 Å². The SMILES string of the molecule is COc1ncc(-c2nc3ccccc3n(C3CC4CCC(C)C(C3)N4)c2=O)cc1C#N. The van der Waals surface area contributed by atoms with Gasteiger partial charge in [0.05, 0.1) is 18.1 Å². The molecule has 0 saturated carbocycles. The van der Waals surface area contributed by atoms with Crippen LogP contribution in [0.25, 0.3) is 22.3 Å². The Morgan fingerprint density at radius 1 is 1.26 bits per heavy atom. The molecule has 5 rings (SSSR count). The molecule has 2 aliphatic rings. The Labute approximate surface area is 180 Å². The minimum Gasteiger partial charge on any atom is -0.480 e. The molecule has 4 atom stereocenters. The number of ether oxygens (including phenoxy) is 1. The third-order valence-electron chi connectivity index (χ3n) is 6.79. The van der Waals surface area contributed by atoms with E-state index in [9.17, 15) is 10.1 Å². The minimum atomic E-state index is -0.132. The molecule has 2 aliphatic heterocycles. The van der Waals surface area contributed by atoms with E-state index in [4.69, 9.17) is 4.74 Å². The first-order valence-electron chi connectivity index (χ1n) is 10.8. The zero-order valence-electron chi connectivity index (χ0n) is 17.7. The van der Waals surface area contributed by atoms with Crippen LogP contribution in [0.5, 0.6) is 5.88 Å². The molecule has 7 heteroatoms. The molecule has 0 aliphatic carbocycles. The van der Waals surface area contributed by atoms with Crippen molar-refractivity contribution in [1.29, 1.82) is 5.26 Å². The molecule has 1 N–H and O–H groups in total. The largest absolute Gasteiger partial charge is 0.480 e. The topological polar surface area (TPSA) is 92.8 Å². The highest BCUT2D eigenvalue weighted by molar-refractivity contribution is 5.78. The summed E-state index contributed by atoms with van der Waals surface area (Å²) >= 11 is 0. The summed E-state index contributed by atoms with van der Waals surface area (Å²) < 4.78 is 7.09. The van der Waals surface area contributed by atoms with E-state index in [0.717, 1.165) is 30.3 Å². The lowest BCUT2D eigenvalue weighted by Crippen LogP contribution is -2.53. The van der Waals surface area contributed by atoms with Gasteiger partial charge in [0.1, 0.15) is 17.3 Å². The number of aromatic nitrogens is 3. The average molecular weight is 415 g/mol. The zero-order chi connectivity index (χ0) is 21.5. The summed E-state index contributed by atoms with van der Waals surface area (Å²) in [6.45, 7) is 2.29. The second-order valence-corrected chi connectivity index (χ2v) is 8.67. The van der Waals surface area contributed by atoms with Gasteiger partial charge in [0, 0.05) is 29.9 Å². The van der Waals surface area contributed by atoms with Crippen molar-refractivity contribution in [3.05, 3.63) is 52.4 Å². The standard InChI is InChI=1S/C24H25N5O2/c1-14-7-8-17-10-18(11-20(14)27-17)29-21-6-4-3-5-19(21)28-22(24(29)30)16-9-15(12-25)23(31-2)26-13-16/h3-6,9,13-14,17-18,20,27H,7-8,10-11H2,1-2H3. The summed E-state index contributed by atoms with van der Waals surface area (Å²) in [6, 6.07) is 12.5. The summed E-state index contributed by atoms with van der Waals surface area (Å²) in [5.74, 6) is 0.846. The summed E-state index contributed by atoms with van der Waals surface area (Å²) in [4.78, 5) is 22.7. The number of para-hydroxylation sites is 2. The maximum atomic E-state index is 13.8. The number of rotatable bonds is 3. The van der Waals surface area contributed by atoms with E-state index >= 15 is 0 Å². The number of nitrogens with one attached hydrogen (secondary N) is 1. The monoisotopic (exact) mass is 415 g/mol. The number of methoxy groups -OCH3 is 1. The van der Waals surface area contributed by atoms with Crippen molar-refractivity contribution < 1.29 is 4.74 Å². The summed E-state index contributed by atoms with van der Waals surface area (Å²) in [7, 11) is 1.47. The van der Waals surface area contributed by atoms with Crippen molar-refractivity contribution in [3.8, 4) is 23.2 Å². The van der Waals surface area contributed by atoms with Crippen LogP contribution in [-0.2, 0) is 0 Å². The summed E-state index contributed by atoms with van der Waals surface area (Å²) in [5.41, 5.74) is 2.63. The molecule has 2 fully saturated rings. The highest BCUT2D eigenvalue weighted by Crippen LogP contribution is 2.36. The van der Waals surface area contributed by atoms with Crippen LogP contribution in [0.4, 0.5) is 0 Å². The van der Waals surface area contributed by atoms with E-state index in [2.05, 4.69) is 28.3 Å². The van der Waals surface area contributed by atoms with Crippen LogP contribution in [0.1, 0.15) is 44.2 Å². The molecule has 31 heavy (non-hydrogen) atoms. The Hall–Kier alpha value is -3.24. The first kappa shape index (κ1) is 19.7. The molecule has 4 unspecified atom stereocenters.